The molecular formula is C23H24N4O2. The van der Waals surface area contributed by atoms with Gasteiger partial charge < -0.3 is 14.8 Å². The van der Waals surface area contributed by atoms with Crippen molar-refractivity contribution in [2.45, 2.75) is 25.9 Å². The van der Waals surface area contributed by atoms with Crippen molar-refractivity contribution in [1.29, 1.82) is 0 Å². The first-order valence-corrected chi connectivity index (χ1v) is 9.93. The van der Waals surface area contributed by atoms with E-state index in [1.165, 1.54) is 5.56 Å². The molecule has 0 saturated heterocycles. The van der Waals surface area contributed by atoms with E-state index in [9.17, 15) is 9.59 Å². The highest BCUT2D eigenvalue weighted by atomic mass is 16.2. The second-order valence-electron chi connectivity index (χ2n) is 7.20. The minimum absolute atomic E-state index is 0.136. The number of aryl methyl sites for hydroxylation is 1. The number of imidazole rings is 1. The fraction of sp³-hybridized carbons (Fsp3) is 0.261. The summed E-state index contributed by atoms with van der Waals surface area (Å²) >= 11 is 0. The zero-order valence-corrected chi connectivity index (χ0v) is 16.3. The molecular weight excluding hydrogens is 364 g/mol. The third-order valence-corrected chi connectivity index (χ3v) is 5.09. The zero-order valence-electron chi connectivity index (χ0n) is 16.3. The molecule has 0 unspecified atom stereocenters. The van der Waals surface area contributed by atoms with E-state index in [0.29, 0.717) is 37.7 Å². The molecule has 2 heterocycles. The van der Waals surface area contributed by atoms with Crippen LogP contribution in [0.4, 0.5) is 0 Å². The topological polar surface area (TPSA) is 67.2 Å². The van der Waals surface area contributed by atoms with Crippen molar-refractivity contribution < 1.29 is 9.59 Å². The number of hydrogen-bond donors (Lipinski definition) is 1. The van der Waals surface area contributed by atoms with Crippen molar-refractivity contribution in [3.63, 3.8) is 0 Å². The quantitative estimate of drug-likeness (QED) is 0.633. The molecule has 3 aromatic rings. The molecule has 0 fully saturated rings. The molecule has 0 atom stereocenters. The maximum Gasteiger partial charge on any atom is 0.290 e. The molecule has 0 spiro atoms. The monoisotopic (exact) mass is 388 g/mol. The number of hydrogen-bond acceptors (Lipinski definition) is 3. The molecule has 1 aliphatic rings. The predicted octanol–water partition coefficient (Wildman–Crippen LogP) is 2.90. The van der Waals surface area contributed by atoms with Crippen LogP contribution in [-0.2, 0) is 19.5 Å². The third-order valence-electron chi connectivity index (χ3n) is 5.09. The smallest absolute Gasteiger partial charge is 0.290 e. The van der Waals surface area contributed by atoms with E-state index < -0.39 is 0 Å². The molecule has 6 nitrogen and oxygen atoms in total. The minimum atomic E-state index is -0.234. The van der Waals surface area contributed by atoms with Crippen LogP contribution in [0.3, 0.4) is 0 Å². The predicted molar refractivity (Wildman–Crippen MR) is 111 cm³/mol. The third kappa shape index (κ3) is 4.54. The lowest BCUT2D eigenvalue weighted by molar-refractivity contribution is 0.0683. The van der Waals surface area contributed by atoms with Gasteiger partial charge in [0.25, 0.3) is 11.8 Å². The Hall–Kier alpha value is -3.41. The van der Waals surface area contributed by atoms with E-state index in [4.69, 9.17) is 0 Å². The second-order valence-corrected chi connectivity index (χ2v) is 7.20. The highest BCUT2D eigenvalue weighted by molar-refractivity contribution is 5.96. The Balaban J connectivity index is 1.33. The van der Waals surface area contributed by atoms with Gasteiger partial charge in [0.2, 0.25) is 0 Å². The molecule has 29 heavy (non-hydrogen) atoms. The Bertz CT molecular complexity index is 983. The number of aromatic nitrogens is 2. The Labute approximate surface area is 170 Å². The first-order chi connectivity index (χ1) is 14.2. The van der Waals surface area contributed by atoms with Gasteiger partial charge in [0.05, 0.1) is 0 Å². The molecule has 6 heteroatoms. The number of amides is 2. The van der Waals surface area contributed by atoms with Gasteiger partial charge in [-0.2, -0.15) is 0 Å². The Kier molecular flexibility index (Phi) is 5.70. The molecule has 2 aromatic carbocycles. The first kappa shape index (κ1) is 18.9. The van der Waals surface area contributed by atoms with Gasteiger partial charge in [0, 0.05) is 32.4 Å². The molecule has 0 aliphatic carbocycles. The summed E-state index contributed by atoms with van der Waals surface area (Å²) < 4.78 is 1.78. The van der Waals surface area contributed by atoms with Crippen molar-refractivity contribution in [3.05, 3.63) is 89.5 Å². The molecule has 0 radical (unpaired) electrons. The van der Waals surface area contributed by atoms with Crippen molar-refractivity contribution in [1.82, 2.24) is 19.8 Å². The van der Waals surface area contributed by atoms with Crippen LogP contribution in [0.15, 0.2) is 66.9 Å². The molecule has 4 rings (SSSR count). The first-order valence-electron chi connectivity index (χ1n) is 9.93. The highest BCUT2D eigenvalue weighted by Gasteiger charge is 2.28. The summed E-state index contributed by atoms with van der Waals surface area (Å²) in [6.07, 6.45) is 3.44. The average molecular weight is 388 g/mol. The summed E-state index contributed by atoms with van der Waals surface area (Å²) in [4.78, 5) is 31.3. The second kappa shape index (κ2) is 8.73. The average Bonchev–Trinajstić information content (AvgIpc) is 3.20. The molecule has 1 aromatic heterocycles. The molecule has 0 saturated carbocycles. The summed E-state index contributed by atoms with van der Waals surface area (Å²) in [5, 5.41) is 2.90. The van der Waals surface area contributed by atoms with Crippen LogP contribution in [0.5, 0.6) is 0 Å². The number of carbonyl (C=O) groups is 2. The maximum absolute atomic E-state index is 12.8. The number of rotatable bonds is 7. The van der Waals surface area contributed by atoms with Crippen LogP contribution >= 0.6 is 0 Å². The summed E-state index contributed by atoms with van der Waals surface area (Å²) in [6, 6.07) is 20.1. The van der Waals surface area contributed by atoms with Gasteiger partial charge in [-0.25, -0.2) is 4.98 Å². The van der Waals surface area contributed by atoms with Gasteiger partial charge in [-0.3, -0.25) is 9.59 Å². The van der Waals surface area contributed by atoms with E-state index in [-0.39, 0.29) is 11.8 Å². The normalized spacial score (nSPS) is 13.2. The van der Waals surface area contributed by atoms with Gasteiger partial charge in [0.15, 0.2) is 5.82 Å². The number of carbonyl (C=O) groups excluding carboxylic acids is 2. The van der Waals surface area contributed by atoms with E-state index in [2.05, 4.69) is 22.4 Å². The molecule has 0 bridgehead atoms. The van der Waals surface area contributed by atoms with Gasteiger partial charge in [-0.05, 0) is 24.0 Å². The zero-order chi connectivity index (χ0) is 20.1. The molecule has 148 valence electrons. The van der Waals surface area contributed by atoms with Gasteiger partial charge in [-0.15, -0.1) is 0 Å². The summed E-state index contributed by atoms with van der Waals surface area (Å²) in [6.45, 7) is 2.37. The van der Waals surface area contributed by atoms with Crippen molar-refractivity contribution >= 4 is 11.8 Å². The Morgan fingerprint density at radius 1 is 0.966 bits per heavy atom. The van der Waals surface area contributed by atoms with Gasteiger partial charge in [0.1, 0.15) is 5.69 Å². The van der Waals surface area contributed by atoms with Gasteiger partial charge >= 0.3 is 0 Å². The van der Waals surface area contributed by atoms with E-state index in [0.717, 1.165) is 18.4 Å². The SMILES string of the molecule is O=C(NCCCc1ccccc1)c1cn2c(n1)C(=O)N(Cc1ccccc1)CC2. The fourth-order valence-electron chi connectivity index (χ4n) is 3.52. The van der Waals surface area contributed by atoms with Gasteiger partial charge in [-0.1, -0.05) is 60.7 Å². The summed E-state index contributed by atoms with van der Waals surface area (Å²) in [7, 11) is 0. The molecule has 2 amide bonds. The summed E-state index contributed by atoms with van der Waals surface area (Å²) in [5.74, 6) is -0.0350. The minimum Gasteiger partial charge on any atom is -0.351 e. The van der Waals surface area contributed by atoms with Crippen LogP contribution in [0, 0.1) is 0 Å². The van der Waals surface area contributed by atoms with Crippen LogP contribution in [-0.4, -0.2) is 39.4 Å². The van der Waals surface area contributed by atoms with Crippen LogP contribution in [0.25, 0.3) is 0 Å². The summed E-state index contributed by atoms with van der Waals surface area (Å²) in [5.41, 5.74) is 2.63. The van der Waals surface area contributed by atoms with Crippen molar-refractivity contribution in [2.75, 3.05) is 13.1 Å². The van der Waals surface area contributed by atoms with Crippen molar-refractivity contribution in [3.8, 4) is 0 Å². The number of benzene rings is 2. The van der Waals surface area contributed by atoms with E-state index >= 15 is 0 Å². The molecule has 1 aliphatic heterocycles. The number of fused-ring (bicyclic) bond motifs is 1. The lowest BCUT2D eigenvalue weighted by Gasteiger charge is -2.27. The van der Waals surface area contributed by atoms with Crippen molar-refractivity contribution in [2.24, 2.45) is 0 Å². The highest BCUT2D eigenvalue weighted by Crippen LogP contribution is 2.16. The fourth-order valence-corrected chi connectivity index (χ4v) is 3.52. The van der Waals surface area contributed by atoms with Crippen LogP contribution < -0.4 is 5.32 Å². The lowest BCUT2D eigenvalue weighted by Crippen LogP contribution is -2.39. The standard InChI is InChI=1S/C23H24N4O2/c28-22(24-13-7-12-18-8-3-1-4-9-18)20-17-26-14-15-27(23(29)21(26)25-20)16-19-10-5-2-6-11-19/h1-6,8-11,17H,7,12-16H2,(H,24,28). The maximum atomic E-state index is 12.8. The number of nitrogens with one attached hydrogen (secondary N) is 1. The van der Waals surface area contributed by atoms with Crippen LogP contribution in [0.2, 0.25) is 0 Å². The largest absolute Gasteiger partial charge is 0.351 e. The molecule has 1 N–H and O–H groups in total. The van der Waals surface area contributed by atoms with E-state index in [1.54, 1.807) is 15.7 Å². The van der Waals surface area contributed by atoms with Crippen LogP contribution in [0.1, 0.15) is 38.7 Å². The Morgan fingerprint density at radius 3 is 2.38 bits per heavy atom. The Morgan fingerprint density at radius 2 is 1.66 bits per heavy atom. The lowest BCUT2D eigenvalue weighted by atomic mass is 10.1. The van der Waals surface area contributed by atoms with E-state index in [1.807, 2.05) is 48.5 Å². The number of nitrogens with zero attached hydrogens (tertiary/aromatic N) is 3.